The molecule has 0 atom stereocenters. The number of nitrogens with zero attached hydrogens (tertiary/aromatic N) is 1. The van der Waals surface area contributed by atoms with Gasteiger partial charge in [-0.1, -0.05) is 63.0 Å². The molecular formula is C15H31NSi2. The molecule has 0 fully saturated rings. The maximum Gasteiger partial charge on any atom is 0.0677 e. The lowest BCUT2D eigenvalue weighted by Gasteiger charge is -2.31. The normalized spacial score (nSPS) is 12.1. The molecule has 0 aliphatic heterocycles. The Kier molecular flexibility index (Phi) is 7.81. The first-order chi connectivity index (χ1) is 8.19. The van der Waals surface area contributed by atoms with Crippen molar-refractivity contribution in [3.8, 4) is 6.07 Å². The van der Waals surface area contributed by atoms with Crippen molar-refractivity contribution in [2.45, 2.75) is 77.8 Å². The lowest BCUT2D eigenvalue weighted by Crippen LogP contribution is -2.39. The van der Waals surface area contributed by atoms with Crippen LogP contribution in [0.4, 0.5) is 0 Å². The Morgan fingerprint density at radius 3 is 1.83 bits per heavy atom. The SMILES string of the molecule is C[Si](C)(C)C(=CCCCCCCC#N)[Si](C)(C)C. The first-order valence-corrected chi connectivity index (χ1v) is 14.3. The monoisotopic (exact) mass is 281 g/mol. The van der Waals surface area contributed by atoms with E-state index in [1.54, 1.807) is 0 Å². The van der Waals surface area contributed by atoms with E-state index in [0.29, 0.717) is 0 Å². The summed E-state index contributed by atoms with van der Waals surface area (Å²) in [5, 5.41) is 8.47. The lowest BCUT2D eigenvalue weighted by atomic mass is 10.1. The number of hydrogen-bond acceptors (Lipinski definition) is 1. The van der Waals surface area contributed by atoms with Gasteiger partial charge in [0.05, 0.1) is 22.2 Å². The van der Waals surface area contributed by atoms with Crippen LogP contribution in [-0.4, -0.2) is 16.1 Å². The van der Waals surface area contributed by atoms with E-state index in [9.17, 15) is 0 Å². The molecule has 0 aliphatic carbocycles. The van der Waals surface area contributed by atoms with Gasteiger partial charge in [0.2, 0.25) is 0 Å². The first kappa shape index (κ1) is 17.7. The Morgan fingerprint density at radius 2 is 1.39 bits per heavy atom. The molecule has 0 bridgehead atoms. The summed E-state index contributed by atoms with van der Waals surface area (Å²) in [4.78, 5) is 1.84. The molecule has 0 aromatic heterocycles. The highest BCUT2D eigenvalue weighted by Gasteiger charge is 2.30. The predicted molar refractivity (Wildman–Crippen MR) is 88.1 cm³/mol. The Labute approximate surface area is 116 Å². The topological polar surface area (TPSA) is 23.8 Å². The summed E-state index contributed by atoms with van der Waals surface area (Å²) < 4.78 is 0. The molecule has 104 valence electrons. The van der Waals surface area contributed by atoms with Crippen LogP contribution in [0, 0.1) is 11.3 Å². The van der Waals surface area contributed by atoms with Crippen molar-refractivity contribution in [1.29, 1.82) is 5.26 Å². The standard InChI is InChI=1S/C15H31NSi2/c1-17(2,3)15(18(4,5)6)13-11-9-7-8-10-12-14-16/h13H,7-12H2,1-6H3. The Balaban J connectivity index is 4.17. The minimum atomic E-state index is -1.12. The van der Waals surface area contributed by atoms with E-state index in [1.807, 2.05) is 4.82 Å². The van der Waals surface area contributed by atoms with Crippen molar-refractivity contribution in [1.82, 2.24) is 0 Å². The molecule has 3 heteroatoms. The highest BCUT2D eigenvalue weighted by Crippen LogP contribution is 2.26. The molecule has 0 heterocycles. The van der Waals surface area contributed by atoms with E-state index >= 15 is 0 Å². The van der Waals surface area contributed by atoms with Crippen LogP contribution in [0.1, 0.15) is 38.5 Å². The third-order valence-corrected chi connectivity index (χ3v) is 11.3. The van der Waals surface area contributed by atoms with Gasteiger partial charge in [-0.25, -0.2) is 0 Å². The molecule has 0 aromatic carbocycles. The van der Waals surface area contributed by atoms with E-state index in [4.69, 9.17) is 5.26 Å². The van der Waals surface area contributed by atoms with Crippen LogP contribution in [0.5, 0.6) is 0 Å². The summed E-state index contributed by atoms with van der Waals surface area (Å²) in [7, 11) is -2.25. The van der Waals surface area contributed by atoms with Gasteiger partial charge < -0.3 is 0 Å². The summed E-state index contributed by atoms with van der Waals surface area (Å²) in [6.45, 7) is 14.9. The van der Waals surface area contributed by atoms with Gasteiger partial charge >= 0.3 is 0 Å². The number of unbranched alkanes of at least 4 members (excludes halogenated alkanes) is 5. The fourth-order valence-electron chi connectivity index (χ4n) is 2.69. The minimum Gasteiger partial charge on any atom is -0.198 e. The van der Waals surface area contributed by atoms with Gasteiger partial charge in [-0.15, -0.1) is 0 Å². The molecule has 0 N–H and O–H groups in total. The van der Waals surface area contributed by atoms with Crippen LogP contribution in [-0.2, 0) is 0 Å². The fourth-order valence-corrected chi connectivity index (χ4v) is 13.2. The van der Waals surface area contributed by atoms with Crippen LogP contribution < -0.4 is 0 Å². The summed E-state index contributed by atoms with van der Waals surface area (Å²) in [5.41, 5.74) is 0. The zero-order valence-electron chi connectivity index (χ0n) is 13.3. The predicted octanol–water partition coefficient (Wildman–Crippen LogP) is 5.53. The second kappa shape index (κ2) is 7.96. The Hall–Kier alpha value is -0.336. The van der Waals surface area contributed by atoms with Gasteiger partial charge in [-0.3, -0.25) is 0 Å². The van der Waals surface area contributed by atoms with Gasteiger partial charge in [0, 0.05) is 6.42 Å². The second-order valence-corrected chi connectivity index (χ2v) is 17.8. The third kappa shape index (κ3) is 7.89. The molecule has 0 radical (unpaired) electrons. The molecule has 0 unspecified atom stereocenters. The zero-order valence-corrected chi connectivity index (χ0v) is 15.3. The third-order valence-electron chi connectivity index (χ3n) is 3.21. The average Bonchev–Trinajstić information content (AvgIpc) is 2.18. The summed E-state index contributed by atoms with van der Waals surface area (Å²) >= 11 is 0. The average molecular weight is 282 g/mol. The summed E-state index contributed by atoms with van der Waals surface area (Å²) in [5.74, 6) is 0. The van der Waals surface area contributed by atoms with E-state index < -0.39 is 16.1 Å². The highest BCUT2D eigenvalue weighted by molar-refractivity contribution is 7.04. The second-order valence-electron chi connectivity index (χ2n) is 7.23. The van der Waals surface area contributed by atoms with Crippen molar-refractivity contribution in [2.75, 3.05) is 0 Å². The lowest BCUT2D eigenvalue weighted by molar-refractivity contribution is 0.655. The molecule has 0 spiro atoms. The van der Waals surface area contributed by atoms with Gasteiger partial charge in [-0.2, -0.15) is 5.26 Å². The zero-order chi connectivity index (χ0) is 14.2. The smallest absolute Gasteiger partial charge is 0.0677 e. The van der Waals surface area contributed by atoms with Gasteiger partial charge in [-0.05, 0) is 19.3 Å². The van der Waals surface area contributed by atoms with Crippen LogP contribution in [0.25, 0.3) is 0 Å². The quantitative estimate of drug-likeness (QED) is 0.424. The van der Waals surface area contributed by atoms with Crippen molar-refractivity contribution in [3.05, 3.63) is 10.9 Å². The van der Waals surface area contributed by atoms with Crippen molar-refractivity contribution in [3.63, 3.8) is 0 Å². The largest absolute Gasteiger partial charge is 0.198 e. The molecule has 0 saturated carbocycles. The molecule has 0 saturated heterocycles. The number of rotatable bonds is 8. The van der Waals surface area contributed by atoms with Gasteiger partial charge in [0.15, 0.2) is 0 Å². The minimum absolute atomic E-state index is 0.727. The molecule has 0 aromatic rings. The Morgan fingerprint density at radius 1 is 0.889 bits per heavy atom. The maximum atomic E-state index is 8.47. The van der Waals surface area contributed by atoms with E-state index in [0.717, 1.165) is 12.8 Å². The molecule has 1 nitrogen and oxygen atoms in total. The van der Waals surface area contributed by atoms with Crippen molar-refractivity contribution in [2.24, 2.45) is 0 Å². The van der Waals surface area contributed by atoms with E-state index in [-0.39, 0.29) is 0 Å². The molecule has 18 heavy (non-hydrogen) atoms. The van der Waals surface area contributed by atoms with Gasteiger partial charge in [0.1, 0.15) is 0 Å². The molecule has 0 rings (SSSR count). The van der Waals surface area contributed by atoms with Crippen LogP contribution in [0.2, 0.25) is 39.3 Å². The Bertz CT molecular complexity index is 284. The molecule has 0 amide bonds. The molecular weight excluding hydrogens is 250 g/mol. The fraction of sp³-hybridized carbons (Fsp3) is 0.800. The first-order valence-electron chi connectivity index (χ1n) is 7.27. The summed E-state index contributed by atoms with van der Waals surface area (Å²) in [6, 6.07) is 2.22. The van der Waals surface area contributed by atoms with Crippen LogP contribution in [0.3, 0.4) is 0 Å². The van der Waals surface area contributed by atoms with Crippen molar-refractivity contribution < 1.29 is 0 Å². The maximum absolute atomic E-state index is 8.47. The van der Waals surface area contributed by atoms with Gasteiger partial charge in [0.25, 0.3) is 0 Å². The van der Waals surface area contributed by atoms with Crippen LogP contribution >= 0.6 is 0 Å². The van der Waals surface area contributed by atoms with Crippen LogP contribution in [0.15, 0.2) is 10.9 Å². The number of allylic oxidation sites excluding steroid dienone is 1. The van der Waals surface area contributed by atoms with Crippen molar-refractivity contribution >= 4 is 16.1 Å². The van der Waals surface area contributed by atoms with E-state index in [2.05, 4.69) is 51.4 Å². The molecule has 0 aliphatic rings. The number of nitriles is 1. The number of hydrogen-bond donors (Lipinski definition) is 0. The summed E-state index contributed by atoms with van der Waals surface area (Å²) in [6.07, 6.45) is 9.42. The van der Waals surface area contributed by atoms with E-state index in [1.165, 1.54) is 25.7 Å². The highest BCUT2D eigenvalue weighted by atomic mass is 28.4.